The number of hydrogen-bond acceptors (Lipinski definition) is 1. The molecule has 1 aliphatic rings. The van der Waals surface area contributed by atoms with E-state index >= 15 is 0 Å². The Bertz CT molecular complexity index is 333. The molecule has 1 aromatic rings. The molecule has 0 aliphatic carbocycles. The van der Waals surface area contributed by atoms with Crippen LogP contribution in [0.2, 0.25) is 0 Å². The van der Waals surface area contributed by atoms with Gasteiger partial charge in [0.25, 0.3) is 0 Å². The molecule has 1 amide bonds. The molecule has 0 aromatic heterocycles. The normalized spacial score (nSPS) is 25.4. The minimum atomic E-state index is -0.226. The number of carbonyl (C=O) groups is 1. The summed E-state index contributed by atoms with van der Waals surface area (Å²) in [6.45, 7) is 2.92. The van der Waals surface area contributed by atoms with E-state index in [4.69, 9.17) is 0 Å². The van der Waals surface area contributed by atoms with Crippen LogP contribution in [-0.4, -0.2) is 12.5 Å². The van der Waals surface area contributed by atoms with Crippen molar-refractivity contribution in [3.63, 3.8) is 0 Å². The second-order valence-electron chi connectivity index (χ2n) is 3.88. The molecule has 1 N–H and O–H groups in total. The van der Waals surface area contributed by atoms with Crippen LogP contribution in [-0.2, 0) is 10.2 Å². The maximum Gasteiger partial charge on any atom is 0.232 e. The average Bonchev–Trinajstić information content (AvgIpc) is 2.25. The minimum absolute atomic E-state index is 0.186. The molecule has 1 aliphatic heterocycles. The van der Waals surface area contributed by atoms with Crippen molar-refractivity contribution in [3.05, 3.63) is 35.9 Å². The van der Waals surface area contributed by atoms with Crippen LogP contribution in [0.25, 0.3) is 0 Å². The van der Waals surface area contributed by atoms with Crippen molar-refractivity contribution in [3.8, 4) is 0 Å². The largest absolute Gasteiger partial charge is 0.354 e. The summed E-state index contributed by atoms with van der Waals surface area (Å²) >= 11 is 0. The fourth-order valence-electron chi connectivity index (χ4n) is 2.14. The van der Waals surface area contributed by atoms with Gasteiger partial charge in [-0.05, 0) is 12.0 Å². The highest BCUT2D eigenvalue weighted by Crippen LogP contribution is 2.34. The van der Waals surface area contributed by atoms with Crippen molar-refractivity contribution in [2.45, 2.75) is 25.2 Å². The van der Waals surface area contributed by atoms with E-state index in [-0.39, 0.29) is 11.3 Å². The first-order valence-electron chi connectivity index (χ1n) is 5.13. The molecule has 14 heavy (non-hydrogen) atoms. The Morgan fingerprint density at radius 3 is 2.50 bits per heavy atom. The number of nitrogens with one attached hydrogen (secondary N) is 1. The van der Waals surface area contributed by atoms with Gasteiger partial charge in [0.05, 0.1) is 5.41 Å². The van der Waals surface area contributed by atoms with Gasteiger partial charge in [0.2, 0.25) is 5.91 Å². The van der Waals surface area contributed by atoms with E-state index in [9.17, 15) is 4.79 Å². The lowest BCUT2D eigenvalue weighted by atomic mass is 9.71. The van der Waals surface area contributed by atoms with Crippen LogP contribution in [0, 0.1) is 0 Å². The standard InChI is InChI=1S/C12H15NO/c1-2-8-12(9-13-11(12)14)10-6-4-3-5-7-10/h3-7H,2,8-9H2,1H3,(H,13,14). The van der Waals surface area contributed by atoms with Gasteiger partial charge in [0.15, 0.2) is 0 Å². The molecule has 0 saturated carbocycles. The SMILES string of the molecule is CCCC1(c2ccccc2)CNC1=O. The first-order chi connectivity index (χ1) is 6.79. The van der Waals surface area contributed by atoms with Gasteiger partial charge in [-0.25, -0.2) is 0 Å². The second-order valence-corrected chi connectivity index (χ2v) is 3.88. The molecule has 1 unspecified atom stereocenters. The predicted molar refractivity (Wildman–Crippen MR) is 56.0 cm³/mol. The lowest BCUT2D eigenvalue weighted by molar-refractivity contribution is -0.134. The molecule has 0 spiro atoms. The van der Waals surface area contributed by atoms with E-state index in [0.717, 1.165) is 24.9 Å². The number of β-lactam (4-membered cyclic amide) rings is 1. The number of carbonyl (C=O) groups excluding carboxylic acids is 1. The van der Waals surface area contributed by atoms with E-state index in [1.165, 1.54) is 0 Å². The van der Waals surface area contributed by atoms with Gasteiger partial charge in [-0.3, -0.25) is 4.79 Å². The van der Waals surface area contributed by atoms with Gasteiger partial charge >= 0.3 is 0 Å². The average molecular weight is 189 g/mol. The number of hydrogen-bond donors (Lipinski definition) is 1. The van der Waals surface area contributed by atoms with E-state index < -0.39 is 0 Å². The Hall–Kier alpha value is -1.31. The number of rotatable bonds is 3. The summed E-state index contributed by atoms with van der Waals surface area (Å²) in [6, 6.07) is 10.1. The van der Waals surface area contributed by atoms with Crippen LogP contribution < -0.4 is 5.32 Å². The Balaban J connectivity index is 2.33. The first-order valence-corrected chi connectivity index (χ1v) is 5.13. The van der Waals surface area contributed by atoms with Gasteiger partial charge in [-0.2, -0.15) is 0 Å². The first kappa shape index (κ1) is 9.25. The molecular formula is C12H15NO. The molecule has 2 heteroatoms. The summed E-state index contributed by atoms with van der Waals surface area (Å²) in [6.07, 6.45) is 1.99. The van der Waals surface area contributed by atoms with E-state index in [1.807, 2.05) is 18.2 Å². The van der Waals surface area contributed by atoms with Crippen LogP contribution in [0.15, 0.2) is 30.3 Å². The molecule has 1 heterocycles. The lowest BCUT2D eigenvalue weighted by Gasteiger charge is -2.41. The highest BCUT2D eigenvalue weighted by Gasteiger charge is 2.46. The maximum atomic E-state index is 11.6. The van der Waals surface area contributed by atoms with Crippen LogP contribution in [0.4, 0.5) is 0 Å². The predicted octanol–water partition coefficient (Wildman–Crippen LogP) is 1.85. The smallest absolute Gasteiger partial charge is 0.232 e. The van der Waals surface area contributed by atoms with E-state index in [1.54, 1.807) is 0 Å². The highest BCUT2D eigenvalue weighted by atomic mass is 16.2. The number of benzene rings is 1. The molecule has 2 rings (SSSR count). The molecule has 0 radical (unpaired) electrons. The zero-order valence-corrected chi connectivity index (χ0v) is 8.42. The molecule has 1 atom stereocenters. The topological polar surface area (TPSA) is 29.1 Å². The summed E-state index contributed by atoms with van der Waals surface area (Å²) in [4.78, 5) is 11.6. The van der Waals surface area contributed by atoms with E-state index in [0.29, 0.717) is 0 Å². The molecule has 1 fully saturated rings. The molecule has 1 aromatic carbocycles. The molecule has 1 saturated heterocycles. The number of amides is 1. The van der Waals surface area contributed by atoms with Gasteiger partial charge < -0.3 is 5.32 Å². The lowest BCUT2D eigenvalue weighted by Crippen LogP contribution is -2.62. The third kappa shape index (κ3) is 1.22. The van der Waals surface area contributed by atoms with Crippen LogP contribution in [0.1, 0.15) is 25.3 Å². The van der Waals surface area contributed by atoms with Gasteiger partial charge in [-0.15, -0.1) is 0 Å². The Kier molecular flexibility index (Phi) is 2.28. The summed E-state index contributed by atoms with van der Waals surface area (Å²) in [5.41, 5.74) is 0.932. The Labute approximate surface area is 84.3 Å². The zero-order valence-electron chi connectivity index (χ0n) is 8.42. The fraction of sp³-hybridized carbons (Fsp3) is 0.417. The quantitative estimate of drug-likeness (QED) is 0.722. The van der Waals surface area contributed by atoms with Gasteiger partial charge in [0, 0.05) is 6.54 Å². The van der Waals surface area contributed by atoms with Crippen molar-refractivity contribution in [2.75, 3.05) is 6.54 Å². The van der Waals surface area contributed by atoms with Crippen LogP contribution in [0.5, 0.6) is 0 Å². The summed E-state index contributed by atoms with van der Waals surface area (Å²) in [5.74, 6) is 0.186. The second kappa shape index (κ2) is 3.45. The molecule has 74 valence electrons. The van der Waals surface area contributed by atoms with Crippen molar-refractivity contribution < 1.29 is 4.79 Å². The third-order valence-corrected chi connectivity index (χ3v) is 2.99. The van der Waals surface area contributed by atoms with Gasteiger partial charge in [0.1, 0.15) is 0 Å². The molecule has 2 nitrogen and oxygen atoms in total. The molecule has 0 bridgehead atoms. The highest BCUT2D eigenvalue weighted by molar-refractivity contribution is 5.94. The minimum Gasteiger partial charge on any atom is -0.354 e. The Morgan fingerprint density at radius 2 is 2.07 bits per heavy atom. The van der Waals surface area contributed by atoms with Crippen molar-refractivity contribution in [1.29, 1.82) is 0 Å². The zero-order chi connectivity index (χ0) is 10.0. The summed E-state index contributed by atoms with van der Waals surface area (Å²) in [5, 5.41) is 2.84. The summed E-state index contributed by atoms with van der Waals surface area (Å²) < 4.78 is 0. The van der Waals surface area contributed by atoms with Crippen LogP contribution >= 0.6 is 0 Å². The monoisotopic (exact) mass is 189 g/mol. The molecular weight excluding hydrogens is 174 g/mol. The maximum absolute atomic E-state index is 11.6. The van der Waals surface area contributed by atoms with Crippen LogP contribution in [0.3, 0.4) is 0 Å². The van der Waals surface area contributed by atoms with Crippen molar-refractivity contribution in [1.82, 2.24) is 5.32 Å². The third-order valence-electron chi connectivity index (χ3n) is 2.99. The Morgan fingerprint density at radius 1 is 1.36 bits per heavy atom. The van der Waals surface area contributed by atoms with Gasteiger partial charge in [-0.1, -0.05) is 43.7 Å². The summed E-state index contributed by atoms with van der Waals surface area (Å²) in [7, 11) is 0. The fourth-order valence-corrected chi connectivity index (χ4v) is 2.14. The van der Waals surface area contributed by atoms with Crippen molar-refractivity contribution >= 4 is 5.91 Å². The van der Waals surface area contributed by atoms with E-state index in [2.05, 4.69) is 24.4 Å². The van der Waals surface area contributed by atoms with Crippen molar-refractivity contribution in [2.24, 2.45) is 0 Å².